The molecule has 0 N–H and O–H groups in total. The van der Waals surface area contributed by atoms with Gasteiger partial charge in [0.1, 0.15) is 23.0 Å². The van der Waals surface area contributed by atoms with Crippen molar-refractivity contribution in [1.82, 2.24) is 14.9 Å². The van der Waals surface area contributed by atoms with Crippen LogP contribution in [-0.4, -0.2) is 53.8 Å². The highest BCUT2D eigenvalue weighted by molar-refractivity contribution is 7.98. The summed E-state index contributed by atoms with van der Waals surface area (Å²) in [6, 6.07) is 2.24. The van der Waals surface area contributed by atoms with Gasteiger partial charge in [0.15, 0.2) is 5.82 Å². The minimum absolute atomic E-state index is 0.606. The van der Waals surface area contributed by atoms with Gasteiger partial charge in [-0.2, -0.15) is 5.26 Å². The third-order valence-corrected chi connectivity index (χ3v) is 3.91. The Bertz CT molecular complexity index is 448. The average Bonchev–Trinajstić information content (AvgIpc) is 2.46. The van der Waals surface area contributed by atoms with Gasteiger partial charge in [0.05, 0.1) is 0 Å². The molecule has 1 aliphatic heterocycles. The summed E-state index contributed by atoms with van der Waals surface area (Å²) in [5.41, 5.74) is 0.606. The number of piperazine rings is 1. The largest absolute Gasteiger partial charge is 0.353 e. The third-order valence-electron chi connectivity index (χ3n) is 3.22. The summed E-state index contributed by atoms with van der Waals surface area (Å²) >= 11 is 1.49. The Labute approximate surface area is 112 Å². The van der Waals surface area contributed by atoms with Crippen molar-refractivity contribution < 1.29 is 0 Å². The van der Waals surface area contributed by atoms with E-state index in [4.69, 9.17) is 0 Å². The number of likely N-dealkylation sites (N-methyl/N-ethyl adjacent to an activating group) is 1. The molecular weight excluding hydrogens is 246 g/mol. The summed E-state index contributed by atoms with van der Waals surface area (Å²) in [5, 5.41) is 10.0. The highest BCUT2D eigenvalue weighted by atomic mass is 32.2. The first-order chi connectivity index (χ1) is 8.80. The van der Waals surface area contributed by atoms with E-state index in [0.29, 0.717) is 5.56 Å². The van der Waals surface area contributed by atoms with Crippen LogP contribution in [0.3, 0.4) is 0 Å². The molecule has 0 aliphatic carbocycles. The van der Waals surface area contributed by atoms with Crippen LogP contribution >= 0.6 is 11.8 Å². The summed E-state index contributed by atoms with van der Waals surface area (Å²) in [6.45, 7) is 7.16. The first kappa shape index (κ1) is 13.1. The molecule has 1 aliphatic rings. The first-order valence-electron chi connectivity index (χ1n) is 6.06. The third kappa shape index (κ3) is 2.57. The summed E-state index contributed by atoms with van der Waals surface area (Å²) in [6.07, 6.45) is 3.48. The van der Waals surface area contributed by atoms with Crippen LogP contribution in [0.4, 0.5) is 5.82 Å². The molecule has 5 nitrogen and oxygen atoms in total. The predicted molar refractivity (Wildman–Crippen MR) is 72.9 cm³/mol. The highest BCUT2D eigenvalue weighted by Crippen LogP contribution is 2.25. The molecule has 1 saturated heterocycles. The molecule has 2 heterocycles. The monoisotopic (exact) mass is 263 g/mol. The quantitative estimate of drug-likeness (QED) is 0.603. The van der Waals surface area contributed by atoms with Gasteiger partial charge >= 0.3 is 0 Å². The maximum absolute atomic E-state index is 9.28. The number of nitriles is 1. The molecular formula is C12H17N5S. The van der Waals surface area contributed by atoms with Crippen molar-refractivity contribution in [2.75, 3.05) is 43.9 Å². The Kier molecular flexibility index (Phi) is 4.39. The Morgan fingerprint density at radius 1 is 1.33 bits per heavy atom. The zero-order valence-electron chi connectivity index (χ0n) is 10.8. The van der Waals surface area contributed by atoms with Crippen LogP contribution in [-0.2, 0) is 0 Å². The normalized spacial score (nSPS) is 16.6. The van der Waals surface area contributed by atoms with E-state index in [1.807, 2.05) is 6.26 Å². The molecule has 0 aromatic carbocycles. The van der Waals surface area contributed by atoms with Gasteiger partial charge in [0, 0.05) is 26.2 Å². The number of nitrogens with zero attached hydrogens (tertiary/aromatic N) is 5. The van der Waals surface area contributed by atoms with Crippen molar-refractivity contribution in [2.45, 2.75) is 11.9 Å². The van der Waals surface area contributed by atoms with Crippen molar-refractivity contribution in [3.63, 3.8) is 0 Å². The smallest absolute Gasteiger partial charge is 0.151 e. The van der Waals surface area contributed by atoms with Crippen LogP contribution in [0, 0.1) is 11.3 Å². The molecule has 0 spiro atoms. The van der Waals surface area contributed by atoms with Gasteiger partial charge in [-0.05, 0) is 12.8 Å². The molecule has 0 atom stereocenters. The van der Waals surface area contributed by atoms with Gasteiger partial charge in [0.2, 0.25) is 0 Å². The molecule has 2 rings (SSSR count). The van der Waals surface area contributed by atoms with E-state index < -0.39 is 0 Å². The van der Waals surface area contributed by atoms with Gasteiger partial charge in [0.25, 0.3) is 0 Å². The minimum atomic E-state index is 0.606. The van der Waals surface area contributed by atoms with Crippen LogP contribution in [0.25, 0.3) is 0 Å². The van der Waals surface area contributed by atoms with E-state index in [-0.39, 0.29) is 0 Å². The summed E-state index contributed by atoms with van der Waals surface area (Å²) < 4.78 is 0. The molecule has 1 fully saturated rings. The fourth-order valence-corrected chi connectivity index (χ4v) is 2.62. The lowest BCUT2D eigenvalue weighted by atomic mass is 10.2. The van der Waals surface area contributed by atoms with Gasteiger partial charge in [-0.25, -0.2) is 9.97 Å². The average molecular weight is 263 g/mol. The van der Waals surface area contributed by atoms with Gasteiger partial charge in [-0.1, -0.05) is 6.92 Å². The molecule has 1 aromatic rings. The van der Waals surface area contributed by atoms with Crippen molar-refractivity contribution in [1.29, 1.82) is 5.26 Å². The molecule has 96 valence electrons. The number of rotatable bonds is 3. The second kappa shape index (κ2) is 6.03. The minimum Gasteiger partial charge on any atom is -0.353 e. The van der Waals surface area contributed by atoms with E-state index >= 15 is 0 Å². The maximum Gasteiger partial charge on any atom is 0.151 e. The maximum atomic E-state index is 9.28. The number of hydrogen-bond acceptors (Lipinski definition) is 6. The zero-order valence-corrected chi connectivity index (χ0v) is 11.6. The number of thioether (sulfide) groups is 1. The number of anilines is 1. The van der Waals surface area contributed by atoms with E-state index in [9.17, 15) is 5.26 Å². The van der Waals surface area contributed by atoms with E-state index in [1.165, 1.54) is 11.8 Å². The van der Waals surface area contributed by atoms with Gasteiger partial charge in [-0.15, -0.1) is 11.8 Å². The zero-order chi connectivity index (χ0) is 13.0. The molecule has 6 heteroatoms. The highest BCUT2D eigenvalue weighted by Gasteiger charge is 2.21. The van der Waals surface area contributed by atoms with Crippen molar-refractivity contribution >= 4 is 17.6 Å². The topological polar surface area (TPSA) is 56.1 Å². The Morgan fingerprint density at radius 3 is 2.61 bits per heavy atom. The molecule has 18 heavy (non-hydrogen) atoms. The van der Waals surface area contributed by atoms with Crippen LogP contribution in [0.15, 0.2) is 11.4 Å². The first-order valence-corrected chi connectivity index (χ1v) is 7.29. The van der Waals surface area contributed by atoms with E-state index in [1.54, 1.807) is 6.33 Å². The van der Waals surface area contributed by atoms with E-state index in [0.717, 1.165) is 43.6 Å². The molecule has 0 bridgehead atoms. The molecule has 0 saturated carbocycles. The second-order valence-corrected chi connectivity index (χ2v) is 4.91. The molecule has 0 amide bonds. The fourth-order valence-electron chi connectivity index (χ4n) is 2.13. The summed E-state index contributed by atoms with van der Waals surface area (Å²) in [7, 11) is 0. The van der Waals surface area contributed by atoms with Crippen LogP contribution in [0.5, 0.6) is 0 Å². The molecule has 1 aromatic heterocycles. The summed E-state index contributed by atoms with van der Waals surface area (Å²) in [4.78, 5) is 13.0. The van der Waals surface area contributed by atoms with Crippen molar-refractivity contribution in [3.8, 4) is 6.07 Å². The molecule has 0 unspecified atom stereocenters. The fraction of sp³-hybridized carbons (Fsp3) is 0.583. The lowest BCUT2D eigenvalue weighted by Gasteiger charge is -2.35. The Hall–Kier alpha value is -1.32. The van der Waals surface area contributed by atoms with Crippen LogP contribution < -0.4 is 4.90 Å². The van der Waals surface area contributed by atoms with E-state index in [2.05, 4.69) is 32.8 Å². The SMILES string of the molecule is CCN1CCN(c2ncnc(SC)c2C#N)CC1. The Morgan fingerprint density at radius 2 is 2.06 bits per heavy atom. The van der Waals surface area contributed by atoms with Crippen molar-refractivity contribution in [3.05, 3.63) is 11.9 Å². The van der Waals surface area contributed by atoms with Gasteiger partial charge in [-0.3, -0.25) is 0 Å². The second-order valence-electron chi connectivity index (χ2n) is 4.11. The number of hydrogen-bond donors (Lipinski definition) is 0. The Balaban J connectivity index is 2.22. The van der Waals surface area contributed by atoms with Crippen molar-refractivity contribution in [2.24, 2.45) is 0 Å². The number of aromatic nitrogens is 2. The van der Waals surface area contributed by atoms with Crippen LogP contribution in [0.1, 0.15) is 12.5 Å². The summed E-state index contributed by atoms with van der Waals surface area (Å²) in [5.74, 6) is 0.785. The lowest BCUT2D eigenvalue weighted by molar-refractivity contribution is 0.270. The van der Waals surface area contributed by atoms with Crippen LogP contribution in [0.2, 0.25) is 0 Å². The predicted octanol–water partition coefficient (Wildman–Crippen LogP) is 1.21. The molecule has 0 radical (unpaired) electrons. The van der Waals surface area contributed by atoms with Gasteiger partial charge < -0.3 is 9.80 Å². The standard InChI is InChI=1S/C12H17N5S/c1-3-16-4-6-17(7-5-16)11-10(8-13)12(18-2)15-9-14-11/h9H,3-7H2,1-2H3. The lowest BCUT2D eigenvalue weighted by Crippen LogP contribution is -2.46.